The van der Waals surface area contributed by atoms with Gasteiger partial charge >= 0.3 is 0 Å². The summed E-state index contributed by atoms with van der Waals surface area (Å²) in [4.78, 5) is 3.57. The SMILES string of the molecule is C[CH]c1ccc(C(F)F)nc1. The zero-order chi connectivity index (χ0) is 8.27. The quantitative estimate of drug-likeness (QED) is 0.641. The minimum Gasteiger partial charge on any atom is -0.255 e. The van der Waals surface area contributed by atoms with E-state index in [1.807, 2.05) is 13.3 Å². The summed E-state index contributed by atoms with van der Waals surface area (Å²) in [5, 5.41) is 0. The normalized spacial score (nSPS) is 10.5. The van der Waals surface area contributed by atoms with Gasteiger partial charge in [0.15, 0.2) is 0 Å². The molecule has 0 amide bonds. The first-order chi connectivity index (χ1) is 5.24. The fraction of sp³-hybridized carbons (Fsp3) is 0.250. The molecule has 0 saturated carbocycles. The lowest BCUT2D eigenvalue weighted by Crippen LogP contribution is -1.89. The third-order valence-electron chi connectivity index (χ3n) is 1.37. The van der Waals surface area contributed by atoms with Crippen molar-refractivity contribution in [1.29, 1.82) is 0 Å². The predicted octanol–water partition coefficient (Wildman–Crippen LogP) is 2.59. The molecule has 0 aliphatic heterocycles. The van der Waals surface area contributed by atoms with E-state index in [1.165, 1.54) is 12.3 Å². The Morgan fingerprint density at radius 1 is 1.45 bits per heavy atom. The van der Waals surface area contributed by atoms with E-state index in [-0.39, 0.29) is 5.69 Å². The number of nitrogens with zero attached hydrogens (tertiary/aromatic N) is 1. The van der Waals surface area contributed by atoms with E-state index >= 15 is 0 Å². The molecule has 1 aromatic rings. The summed E-state index contributed by atoms with van der Waals surface area (Å²) in [5.74, 6) is 0. The van der Waals surface area contributed by atoms with Gasteiger partial charge in [-0.1, -0.05) is 13.0 Å². The van der Waals surface area contributed by atoms with Gasteiger partial charge in [-0.15, -0.1) is 0 Å². The number of rotatable bonds is 2. The van der Waals surface area contributed by atoms with Gasteiger partial charge < -0.3 is 0 Å². The Labute approximate surface area is 64.1 Å². The fourth-order valence-electron chi connectivity index (χ4n) is 0.717. The molecular weight excluding hydrogens is 148 g/mol. The van der Waals surface area contributed by atoms with Gasteiger partial charge in [0.2, 0.25) is 0 Å². The Kier molecular flexibility index (Phi) is 2.52. The molecular formula is C8H8F2N. The molecule has 3 heteroatoms. The van der Waals surface area contributed by atoms with Crippen molar-refractivity contribution in [3.8, 4) is 0 Å². The number of aromatic nitrogens is 1. The van der Waals surface area contributed by atoms with Crippen LogP contribution in [0.5, 0.6) is 0 Å². The van der Waals surface area contributed by atoms with Gasteiger partial charge in [0.25, 0.3) is 6.43 Å². The van der Waals surface area contributed by atoms with E-state index in [0.717, 1.165) is 5.56 Å². The van der Waals surface area contributed by atoms with E-state index in [2.05, 4.69) is 4.98 Å². The van der Waals surface area contributed by atoms with Crippen molar-refractivity contribution in [2.75, 3.05) is 0 Å². The van der Waals surface area contributed by atoms with Gasteiger partial charge in [-0.2, -0.15) is 0 Å². The van der Waals surface area contributed by atoms with Crippen LogP contribution in [0.2, 0.25) is 0 Å². The second-order valence-corrected chi connectivity index (χ2v) is 2.11. The summed E-state index contributed by atoms with van der Waals surface area (Å²) in [6, 6.07) is 2.95. The number of halogens is 2. The van der Waals surface area contributed by atoms with E-state index in [9.17, 15) is 8.78 Å². The molecule has 1 radical (unpaired) electrons. The predicted molar refractivity (Wildman–Crippen MR) is 38.3 cm³/mol. The van der Waals surface area contributed by atoms with Crippen LogP contribution >= 0.6 is 0 Å². The largest absolute Gasteiger partial charge is 0.280 e. The highest BCUT2D eigenvalue weighted by atomic mass is 19.3. The molecule has 0 aliphatic rings. The summed E-state index contributed by atoms with van der Waals surface area (Å²) < 4.78 is 23.9. The van der Waals surface area contributed by atoms with Crippen LogP contribution in [0.4, 0.5) is 8.78 Å². The molecule has 0 unspecified atom stereocenters. The Morgan fingerprint density at radius 2 is 2.18 bits per heavy atom. The van der Waals surface area contributed by atoms with E-state index in [4.69, 9.17) is 0 Å². The highest BCUT2D eigenvalue weighted by Gasteiger charge is 2.06. The lowest BCUT2D eigenvalue weighted by atomic mass is 10.2. The minimum absolute atomic E-state index is 0.171. The Morgan fingerprint density at radius 3 is 2.55 bits per heavy atom. The third-order valence-corrected chi connectivity index (χ3v) is 1.37. The fourth-order valence-corrected chi connectivity index (χ4v) is 0.717. The van der Waals surface area contributed by atoms with Crippen LogP contribution in [0.15, 0.2) is 18.3 Å². The third kappa shape index (κ3) is 1.97. The van der Waals surface area contributed by atoms with Gasteiger partial charge in [0.1, 0.15) is 5.69 Å². The van der Waals surface area contributed by atoms with E-state index in [0.29, 0.717) is 0 Å². The minimum atomic E-state index is -2.47. The number of alkyl halides is 2. The molecule has 1 rings (SSSR count). The van der Waals surface area contributed by atoms with Crippen molar-refractivity contribution in [3.63, 3.8) is 0 Å². The lowest BCUT2D eigenvalue weighted by Gasteiger charge is -1.98. The second kappa shape index (κ2) is 3.42. The molecule has 1 nitrogen and oxygen atoms in total. The monoisotopic (exact) mass is 156 g/mol. The van der Waals surface area contributed by atoms with Crippen LogP contribution in [-0.2, 0) is 0 Å². The molecule has 1 heterocycles. The molecule has 0 spiro atoms. The number of hydrogen-bond acceptors (Lipinski definition) is 1. The lowest BCUT2D eigenvalue weighted by molar-refractivity contribution is 0.146. The van der Waals surface area contributed by atoms with Crippen LogP contribution in [0.1, 0.15) is 24.6 Å². The maximum Gasteiger partial charge on any atom is 0.280 e. The molecule has 0 N–H and O–H groups in total. The first-order valence-electron chi connectivity index (χ1n) is 3.27. The van der Waals surface area contributed by atoms with Crippen LogP contribution < -0.4 is 0 Å². The Bertz CT molecular complexity index is 218. The summed E-state index contributed by atoms with van der Waals surface area (Å²) in [5.41, 5.74) is 0.685. The van der Waals surface area contributed by atoms with Gasteiger partial charge in [-0.3, -0.25) is 4.98 Å². The molecule has 0 atom stereocenters. The van der Waals surface area contributed by atoms with E-state index < -0.39 is 6.43 Å². The molecule has 1 aromatic heterocycles. The molecule has 0 aliphatic carbocycles. The van der Waals surface area contributed by atoms with Crippen LogP contribution in [0.25, 0.3) is 0 Å². The summed E-state index contributed by atoms with van der Waals surface area (Å²) in [6.45, 7) is 1.83. The summed E-state index contributed by atoms with van der Waals surface area (Å²) in [7, 11) is 0. The standard InChI is InChI=1S/C8H8F2N/c1-2-6-3-4-7(8(9)10)11-5-6/h2-5,8H,1H3. The molecule has 0 fully saturated rings. The van der Waals surface area contributed by atoms with Crippen molar-refractivity contribution >= 4 is 0 Å². The van der Waals surface area contributed by atoms with Crippen molar-refractivity contribution < 1.29 is 8.78 Å². The highest BCUT2D eigenvalue weighted by Crippen LogP contribution is 2.15. The van der Waals surface area contributed by atoms with Crippen molar-refractivity contribution in [2.24, 2.45) is 0 Å². The first kappa shape index (κ1) is 8.11. The van der Waals surface area contributed by atoms with Gasteiger partial charge in [0, 0.05) is 6.20 Å². The number of pyridine rings is 1. The average Bonchev–Trinajstić information content (AvgIpc) is 2.05. The van der Waals surface area contributed by atoms with Gasteiger partial charge in [0.05, 0.1) is 0 Å². The topological polar surface area (TPSA) is 12.9 Å². The average molecular weight is 156 g/mol. The zero-order valence-corrected chi connectivity index (χ0v) is 6.09. The zero-order valence-electron chi connectivity index (χ0n) is 6.09. The smallest absolute Gasteiger partial charge is 0.255 e. The molecule has 0 bridgehead atoms. The van der Waals surface area contributed by atoms with Crippen molar-refractivity contribution in [2.45, 2.75) is 13.3 Å². The second-order valence-electron chi connectivity index (χ2n) is 2.11. The molecule has 59 valence electrons. The van der Waals surface area contributed by atoms with Crippen LogP contribution in [0, 0.1) is 6.42 Å². The van der Waals surface area contributed by atoms with Crippen molar-refractivity contribution in [3.05, 3.63) is 36.0 Å². The van der Waals surface area contributed by atoms with Crippen LogP contribution in [0.3, 0.4) is 0 Å². The maximum absolute atomic E-state index is 11.9. The van der Waals surface area contributed by atoms with Crippen LogP contribution in [-0.4, -0.2) is 4.98 Å². The molecule has 0 aromatic carbocycles. The van der Waals surface area contributed by atoms with Crippen molar-refractivity contribution in [1.82, 2.24) is 4.98 Å². The maximum atomic E-state index is 11.9. The highest BCUT2D eigenvalue weighted by molar-refractivity contribution is 5.20. The summed E-state index contributed by atoms with van der Waals surface area (Å²) in [6.07, 6.45) is 0.768. The van der Waals surface area contributed by atoms with Gasteiger partial charge in [-0.25, -0.2) is 8.78 Å². The summed E-state index contributed by atoms with van der Waals surface area (Å²) >= 11 is 0. The Balaban J connectivity index is 2.83. The molecule has 0 saturated heterocycles. The Hall–Kier alpha value is -0.990. The van der Waals surface area contributed by atoms with E-state index in [1.54, 1.807) is 6.07 Å². The molecule has 11 heavy (non-hydrogen) atoms. The first-order valence-corrected chi connectivity index (χ1v) is 3.27. The number of hydrogen-bond donors (Lipinski definition) is 0. The van der Waals surface area contributed by atoms with Gasteiger partial charge in [-0.05, 0) is 18.1 Å².